The molecule has 78 valence electrons. The highest BCUT2D eigenvalue weighted by atomic mass is 16.5. The number of ether oxygens (including phenoxy) is 1. The standard InChI is InChI=1S/C10H16N2O2/c1-8-6-10(14-12-8)7-11-9-2-4-13-5-3-9/h6,9,11H,2-5,7H2,1H3. The predicted molar refractivity (Wildman–Crippen MR) is 51.9 cm³/mol. The van der Waals surface area contributed by atoms with Crippen molar-refractivity contribution < 1.29 is 9.26 Å². The summed E-state index contributed by atoms with van der Waals surface area (Å²) in [6.07, 6.45) is 2.18. The van der Waals surface area contributed by atoms with Crippen LogP contribution in [-0.2, 0) is 11.3 Å². The van der Waals surface area contributed by atoms with E-state index in [1.54, 1.807) is 0 Å². The molecule has 1 saturated heterocycles. The second kappa shape index (κ2) is 4.57. The maximum atomic E-state index is 5.28. The lowest BCUT2D eigenvalue weighted by Crippen LogP contribution is -2.34. The van der Waals surface area contributed by atoms with Crippen LogP contribution in [0.25, 0.3) is 0 Å². The smallest absolute Gasteiger partial charge is 0.150 e. The Kier molecular flexibility index (Phi) is 3.16. The molecule has 0 amide bonds. The van der Waals surface area contributed by atoms with Gasteiger partial charge in [-0.25, -0.2) is 0 Å². The van der Waals surface area contributed by atoms with E-state index < -0.39 is 0 Å². The van der Waals surface area contributed by atoms with Gasteiger partial charge in [-0.1, -0.05) is 5.16 Å². The van der Waals surface area contributed by atoms with Crippen LogP contribution in [0.15, 0.2) is 10.6 Å². The molecule has 4 nitrogen and oxygen atoms in total. The highest BCUT2D eigenvalue weighted by Gasteiger charge is 2.13. The third kappa shape index (κ3) is 2.56. The van der Waals surface area contributed by atoms with E-state index in [-0.39, 0.29) is 0 Å². The summed E-state index contributed by atoms with van der Waals surface area (Å²) in [6, 6.07) is 2.53. The van der Waals surface area contributed by atoms with Gasteiger partial charge in [0.05, 0.1) is 12.2 Å². The fourth-order valence-corrected chi connectivity index (χ4v) is 1.65. The van der Waals surface area contributed by atoms with Crippen molar-refractivity contribution in [2.75, 3.05) is 13.2 Å². The Morgan fingerprint density at radius 2 is 2.29 bits per heavy atom. The first-order valence-corrected chi connectivity index (χ1v) is 5.08. The molecule has 1 aromatic heterocycles. The van der Waals surface area contributed by atoms with Crippen molar-refractivity contribution in [1.82, 2.24) is 10.5 Å². The Labute approximate surface area is 83.6 Å². The lowest BCUT2D eigenvalue weighted by atomic mass is 10.1. The van der Waals surface area contributed by atoms with Crippen LogP contribution in [0.3, 0.4) is 0 Å². The van der Waals surface area contributed by atoms with Crippen LogP contribution in [0.2, 0.25) is 0 Å². The summed E-state index contributed by atoms with van der Waals surface area (Å²) in [5.41, 5.74) is 0.939. The van der Waals surface area contributed by atoms with Crippen LogP contribution in [0.1, 0.15) is 24.3 Å². The molecule has 1 aromatic rings. The summed E-state index contributed by atoms with van der Waals surface area (Å²) in [7, 11) is 0. The lowest BCUT2D eigenvalue weighted by molar-refractivity contribution is 0.0769. The highest BCUT2D eigenvalue weighted by molar-refractivity contribution is 5.02. The van der Waals surface area contributed by atoms with Crippen LogP contribution < -0.4 is 5.32 Å². The molecule has 1 N–H and O–H groups in total. The zero-order valence-electron chi connectivity index (χ0n) is 8.45. The molecule has 1 aliphatic rings. The molecule has 0 unspecified atom stereocenters. The lowest BCUT2D eigenvalue weighted by Gasteiger charge is -2.22. The molecule has 0 aromatic carbocycles. The zero-order chi connectivity index (χ0) is 9.80. The van der Waals surface area contributed by atoms with Gasteiger partial charge in [0.1, 0.15) is 0 Å². The van der Waals surface area contributed by atoms with Crippen LogP contribution in [0, 0.1) is 6.92 Å². The summed E-state index contributed by atoms with van der Waals surface area (Å²) in [4.78, 5) is 0. The minimum absolute atomic E-state index is 0.564. The second-order valence-corrected chi connectivity index (χ2v) is 3.70. The van der Waals surface area contributed by atoms with E-state index in [9.17, 15) is 0 Å². The van der Waals surface area contributed by atoms with E-state index in [0.29, 0.717) is 6.04 Å². The van der Waals surface area contributed by atoms with E-state index in [0.717, 1.165) is 44.1 Å². The first-order chi connectivity index (χ1) is 6.84. The van der Waals surface area contributed by atoms with Gasteiger partial charge < -0.3 is 14.6 Å². The van der Waals surface area contributed by atoms with E-state index in [1.165, 1.54) is 0 Å². The average Bonchev–Trinajstić information content (AvgIpc) is 2.63. The van der Waals surface area contributed by atoms with Crippen LogP contribution >= 0.6 is 0 Å². The summed E-state index contributed by atoms with van der Waals surface area (Å²) in [6.45, 7) is 4.44. The van der Waals surface area contributed by atoms with Gasteiger partial charge in [-0.3, -0.25) is 0 Å². The van der Waals surface area contributed by atoms with E-state index >= 15 is 0 Å². The summed E-state index contributed by atoms with van der Waals surface area (Å²) in [5, 5.41) is 7.28. The SMILES string of the molecule is Cc1cc(CNC2CCOCC2)on1. The molecule has 0 atom stereocenters. The Hall–Kier alpha value is -0.870. The molecule has 0 aliphatic carbocycles. The second-order valence-electron chi connectivity index (χ2n) is 3.70. The Balaban J connectivity index is 1.76. The molecule has 1 fully saturated rings. The van der Waals surface area contributed by atoms with Crippen LogP contribution in [0.5, 0.6) is 0 Å². The van der Waals surface area contributed by atoms with E-state index in [2.05, 4.69) is 10.5 Å². The maximum absolute atomic E-state index is 5.28. The van der Waals surface area contributed by atoms with Gasteiger partial charge in [-0.05, 0) is 19.8 Å². The molecule has 4 heteroatoms. The molecule has 1 aliphatic heterocycles. The predicted octanol–water partition coefficient (Wildman–Crippen LogP) is 1.25. The Morgan fingerprint density at radius 1 is 1.50 bits per heavy atom. The largest absolute Gasteiger partial charge is 0.381 e. The number of nitrogens with one attached hydrogen (secondary N) is 1. The number of rotatable bonds is 3. The van der Waals surface area contributed by atoms with Gasteiger partial charge in [-0.2, -0.15) is 0 Å². The van der Waals surface area contributed by atoms with Crippen LogP contribution in [-0.4, -0.2) is 24.4 Å². The third-order valence-corrected chi connectivity index (χ3v) is 2.46. The number of nitrogens with zero attached hydrogens (tertiary/aromatic N) is 1. The van der Waals surface area contributed by atoms with E-state index in [1.807, 2.05) is 13.0 Å². The van der Waals surface area contributed by atoms with Crippen molar-refractivity contribution in [3.05, 3.63) is 17.5 Å². The van der Waals surface area contributed by atoms with Crippen molar-refractivity contribution in [3.63, 3.8) is 0 Å². The van der Waals surface area contributed by atoms with Crippen molar-refractivity contribution in [3.8, 4) is 0 Å². The molecule has 0 bridgehead atoms. The van der Waals surface area contributed by atoms with Crippen molar-refractivity contribution >= 4 is 0 Å². The van der Waals surface area contributed by atoms with Crippen molar-refractivity contribution in [2.45, 2.75) is 32.4 Å². The monoisotopic (exact) mass is 196 g/mol. The first-order valence-electron chi connectivity index (χ1n) is 5.08. The summed E-state index contributed by atoms with van der Waals surface area (Å²) < 4.78 is 10.4. The maximum Gasteiger partial charge on any atom is 0.150 e. The van der Waals surface area contributed by atoms with Gasteiger partial charge in [0, 0.05) is 25.3 Å². The quantitative estimate of drug-likeness (QED) is 0.790. The minimum Gasteiger partial charge on any atom is -0.381 e. The van der Waals surface area contributed by atoms with E-state index in [4.69, 9.17) is 9.26 Å². The van der Waals surface area contributed by atoms with Gasteiger partial charge in [0.15, 0.2) is 5.76 Å². The molecular formula is C10H16N2O2. The summed E-state index contributed by atoms with van der Waals surface area (Å²) in [5.74, 6) is 0.911. The minimum atomic E-state index is 0.564. The van der Waals surface area contributed by atoms with Gasteiger partial charge in [0.25, 0.3) is 0 Å². The molecule has 2 rings (SSSR count). The number of hydrogen-bond acceptors (Lipinski definition) is 4. The molecule has 0 radical (unpaired) electrons. The van der Waals surface area contributed by atoms with Crippen molar-refractivity contribution in [1.29, 1.82) is 0 Å². The average molecular weight is 196 g/mol. The molecule has 0 spiro atoms. The zero-order valence-corrected chi connectivity index (χ0v) is 8.45. The molecule has 14 heavy (non-hydrogen) atoms. The van der Waals surface area contributed by atoms with Gasteiger partial charge >= 0.3 is 0 Å². The third-order valence-electron chi connectivity index (χ3n) is 2.46. The van der Waals surface area contributed by atoms with Crippen LogP contribution in [0.4, 0.5) is 0 Å². The molecule has 0 saturated carbocycles. The molecule has 2 heterocycles. The fourth-order valence-electron chi connectivity index (χ4n) is 1.65. The Bertz CT molecular complexity index is 279. The molecular weight excluding hydrogens is 180 g/mol. The summed E-state index contributed by atoms with van der Waals surface area (Å²) >= 11 is 0. The number of hydrogen-bond donors (Lipinski definition) is 1. The number of aromatic nitrogens is 1. The normalized spacial score (nSPS) is 18.6. The topological polar surface area (TPSA) is 47.3 Å². The van der Waals surface area contributed by atoms with Crippen molar-refractivity contribution in [2.24, 2.45) is 0 Å². The first kappa shape index (κ1) is 9.68. The highest BCUT2D eigenvalue weighted by Crippen LogP contribution is 2.08. The number of aryl methyl sites for hydroxylation is 1. The van der Waals surface area contributed by atoms with Gasteiger partial charge in [-0.15, -0.1) is 0 Å². The Morgan fingerprint density at radius 3 is 2.93 bits per heavy atom. The fraction of sp³-hybridized carbons (Fsp3) is 0.700. The van der Waals surface area contributed by atoms with Gasteiger partial charge in [0.2, 0.25) is 0 Å².